The van der Waals surface area contributed by atoms with Crippen LogP contribution in [0, 0.1) is 0 Å². The maximum Gasteiger partial charge on any atom is 0.254 e. The molecule has 110 valence electrons. The number of thioether (sulfide) groups is 1. The molecule has 0 spiro atoms. The number of nitrogens with zero attached hydrogens (tertiary/aromatic N) is 2. The second kappa shape index (κ2) is 7.48. The summed E-state index contributed by atoms with van der Waals surface area (Å²) in [7, 11) is 4.13. The molecule has 0 radical (unpaired) electrons. The van der Waals surface area contributed by atoms with Gasteiger partial charge in [0.1, 0.15) is 0 Å². The SMILES string of the molecule is CN(C)CC1CSCCCN1C(=O)c1cccc(Br)c1. The second-order valence-electron chi connectivity index (χ2n) is 5.35. The van der Waals surface area contributed by atoms with Gasteiger partial charge in [-0.1, -0.05) is 22.0 Å². The molecule has 0 saturated carbocycles. The van der Waals surface area contributed by atoms with Crippen LogP contribution in [0.4, 0.5) is 0 Å². The lowest BCUT2D eigenvalue weighted by atomic mass is 10.1. The first-order valence-corrected chi connectivity index (χ1v) is 8.81. The van der Waals surface area contributed by atoms with E-state index in [1.54, 1.807) is 0 Å². The maximum absolute atomic E-state index is 12.8. The van der Waals surface area contributed by atoms with Crippen LogP contribution in [0.5, 0.6) is 0 Å². The molecule has 3 nitrogen and oxygen atoms in total. The Bertz CT molecular complexity index is 467. The summed E-state index contributed by atoms with van der Waals surface area (Å²) in [6.07, 6.45) is 1.08. The van der Waals surface area contributed by atoms with Crippen molar-refractivity contribution in [3.05, 3.63) is 34.3 Å². The minimum absolute atomic E-state index is 0.153. The van der Waals surface area contributed by atoms with E-state index in [1.807, 2.05) is 36.0 Å². The van der Waals surface area contributed by atoms with Crippen molar-refractivity contribution in [2.24, 2.45) is 0 Å². The van der Waals surface area contributed by atoms with Crippen LogP contribution in [-0.2, 0) is 0 Å². The third-order valence-corrected chi connectivity index (χ3v) is 5.04. The number of hydrogen-bond donors (Lipinski definition) is 0. The van der Waals surface area contributed by atoms with E-state index in [2.05, 4.69) is 39.8 Å². The van der Waals surface area contributed by atoms with Crippen LogP contribution in [0.15, 0.2) is 28.7 Å². The van der Waals surface area contributed by atoms with Crippen LogP contribution in [0.25, 0.3) is 0 Å². The molecule has 5 heteroatoms. The Balaban J connectivity index is 2.19. The Kier molecular flexibility index (Phi) is 5.93. The van der Waals surface area contributed by atoms with Crippen molar-refractivity contribution in [1.82, 2.24) is 9.80 Å². The van der Waals surface area contributed by atoms with Gasteiger partial charge >= 0.3 is 0 Å². The van der Waals surface area contributed by atoms with E-state index in [1.165, 1.54) is 0 Å². The molecule has 1 aliphatic rings. The monoisotopic (exact) mass is 356 g/mol. The number of likely N-dealkylation sites (N-methyl/N-ethyl adjacent to an activating group) is 1. The zero-order chi connectivity index (χ0) is 14.5. The number of benzene rings is 1. The standard InChI is InChI=1S/C15H21BrN2OS/c1-17(2)10-14-11-20-8-4-7-18(14)15(19)12-5-3-6-13(16)9-12/h3,5-6,9,14H,4,7-8,10-11H2,1-2H3. The first kappa shape index (κ1) is 15.9. The number of rotatable bonds is 3. The smallest absolute Gasteiger partial charge is 0.254 e. The maximum atomic E-state index is 12.8. The van der Waals surface area contributed by atoms with Crippen LogP contribution < -0.4 is 0 Å². The summed E-state index contributed by atoms with van der Waals surface area (Å²) >= 11 is 5.40. The summed E-state index contributed by atoms with van der Waals surface area (Å²) in [6, 6.07) is 7.98. The molecule has 0 aliphatic carbocycles. The van der Waals surface area contributed by atoms with Gasteiger partial charge in [-0.2, -0.15) is 11.8 Å². The number of hydrogen-bond acceptors (Lipinski definition) is 3. The summed E-state index contributed by atoms with van der Waals surface area (Å²) in [5.74, 6) is 2.32. The Labute approximate surface area is 133 Å². The molecule has 1 fully saturated rings. The summed E-state index contributed by atoms with van der Waals surface area (Å²) in [5, 5.41) is 0. The topological polar surface area (TPSA) is 23.6 Å². The molecule has 1 aliphatic heterocycles. The third-order valence-electron chi connectivity index (χ3n) is 3.35. The van der Waals surface area contributed by atoms with Gasteiger partial charge in [-0.25, -0.2) is 0 Å². The van der Waals surface area contributed by atoms with Crippen LogP contribution in [0.3, 0.4) is 0 Å². The van der Waals surface area contributed by atoms with Crippen LogP contribution >= 0.6 is 27.7 Å². The normalized spacial score (nSPS) is 20.0. The van der Waals surface area contributed by atoms with Gasteiger partial charge in [0.25, 0.3) is 5.91 Å². The van der Waals surface area contributed by atoms with Crippen LogP contribution in [0.1, 0.15) is 16.8 Å². The first-order valence-electron chi connectivity index (χ1n) is 6.87. The van der Waals surface area contributed by atoms with E-state index in [0.717, 1.165) is 41.1 Å². The van der Waals surface area contributed by atoms with E-state index in [4.69, 9.17) is 0 Å². The average Bonchev–Trinajstić information content (AvgIpc) is 2.63. The van der Waals surface area contributed by atoms with E-state index in [9.17, 15) is 4.79 Å². The molecule has 1 aromatic carbocycles. The lowest BCUT2D eigenvalue weighted by Crippen LogP contribution is -2.46. The van der Waals surface area contributed by atoms with Crippen molar-refractivity contribution >= 4 is 33.6 Å². The quantitative estimate of drug-likeness (QED) is 0.831. The Morgan fingerprint density at radius 1 is 1.50 bits per heavy atom. The summed E-state index contributed by atoms with van der Waals surface area (Å²) in [5.41, 5.74) is 0.773. The Morgan fingerprint density at radius 3 is 3.00 bits per heavy atom. The largest absolute Gasteiger partial charge is 0.334 e. The molecule has 0 aromatic heterocycles. The van der Waals surface area contributed by atoms with Gasteiger partial charge in [-0.05, 0) is 44.5 Å². The van der Waals surface area contributed by atoms with E-state index in [-0.39, 0.29) is 5.91 Å². The Morgan fingerprint density at radius 2 is 2.30 bits per heavy atom. The van der Waals surface area contributed by atoms with Gasteiger partial charge in [-0.15, -0.1) is 0 Å². The number of halogens is 1. The molecular formula is C15H21BrN2OS. The van der Waals surface area contributed by atoms with Crippen molar-refractivity contribution in [1.29, 1.82) is 0 Å². The lowest BCUT2D eigenvalue weighted by Gasteiger charge is -2.31. The van der Waals surface area contributed by atoms with Gasteiger partial charge in [0, 0.05) is 28.9 Å². The summed E-state index contributed by atoms with van der Waals surface area (Å²) < 4.78 is 0.955. The molecule has 1 unspecified atom stereocenters. The van der Waals surface area contributed by atoms with Crippen molar-refractivity contribution in [2.45, 2.75) is 12.5 Å². The van der Waals surface area contributed by atoms with Gasteiger partial charge in [-0.3, -0.25) is 4.79 Å². The first-order chi connectivity index (χ1) is 9.58. The molecule has 20 heavy (non-hydrogen) atoms. The highest BCUT2D eigenvalue weighted by Gasteiger charge is 2.26. The van der Waals surface area contributed by atoms with Crippen molar-refractivity contribution in [2.75, 3.05) is 38.7 Å². The fraction of sp³-hybridized carbons (Fsp3) is 0.533. The molecule has 1 atom stereocenters. The number of carbonyl (C=O) groups excluding carboxylic acids is 1. The summed E-state index contributed by atoms with van der Waals surface area (Å²) in [4.78, 5) is 17.0. The highest BCUT2D eigenvalue weighted by atomic mass is 79.9. The van der Waals surface area contributed by atoms with E-state index in [0.29, 0.717) is 6.04 Å². The van der Waals surface area contributed by atoms with E-state index < -0.39 is 0 Å². The average molecular weight is 357 g/mol. The van der Waals surface area contributed by atoms with Gasteiger partial charge in [0.05, 0.1) is 6.04 Å². The number of amides is 1. The zero-order valence-electron chi connectivity index (χ0n) is 12.0. The minimum atomic E-state index is 0.153. The fourth-order valence-electron chi connectivity index (χ4n) is 2.46. The van der Waals surface area contributed by atoms with E-state index >= 15 is 0 Å². The van der Waals surface area contributed by atoms with Crippen molar-refractivity contribution in [3.63, 3.8) is 0 Å². The highest BCUT2D eigenvalue weighted by molar-refractivity contribution is 9.10. The molecule has 1 aromatic rings. The predicted molar refractivity (Wildman–Crippen MR) is 89.5 cm³/mol. The molecular weight excluding hydrogens is 336 g/mol. The molecule has 0 N–H and O–H groups in total. The zero-order valence-corrected chi connectivity index (χ0v) is 14.4. The lowest BCUT2D eigenvalue weighted by molar-refractivity contribution is 0.0675. The van der Waals surface area contributed by atoms with Gasteiger partial charge in [0.15, 0.2) is 0 Å². The molecule has 1 saturated heterocycles. The van der Waals surface area contributed by atoms with Gasteiger partial charge < -0.3 is 9.80 Å². The van der Waals surface area contributed by atoms with Crippen LogP contribution in [0.2, 0.25) is 0 Å². The predicted octanol–water partition coefficient (Wildman–Crippen LogP) is 2.96. The third kappa shape index (κ3) is 4.24. The minimum Gasteiger partial charge on any atom is -0.334 e. The molecule has 1 amide bonds. The molecule has 2 rings (SSSR count). The second-order valence-corrected chi connectivity index (χ2v) is 7.42. The van der Waals surface area contributed by atoms with Gasteiger partial charge in [0.2, 0.25) is 0 Å². The fourth-order valence-corrected chi connectivity index (χ4v) is 3.91. The number of carbonyl (C=O) groups is 1. The van der Waals surface area contributed by atoms with Crippen molar-refractivity contribution in [3.8, 4) is 0 Å². The Hall–Kier alpha value is -0.520. The highest BCUT2D eigenvalue weighted by Crippen LogP contribution is 2.20. The summed E-state index contributed by atoms with van der Waals surface area (Å²) in [6.45, 7) is 1.78. The van der Waals surface area contributed by atoms with Crippen LogP contribution in [-0.4, -0.2) is 60.4 Å². The van der Waals surface area contributed by atoms with Crippen molar-refractivity contribution < 1.29 is 4.79 Å². The molecule has 1 heterocycles. The molecule has 0 bridgehead atoms.